The van der Waals surface area contributed by atoms with Crippen LogP contribution in [0.3, 0.4) is 0 Å². The van der Waals surface area contributed by atoms with Gasteiger partial charge in [-0.2, -0.15) is 0 Å². The van der Waals surface area contributed by atoms with Crippen molar-refractivity contribution in [3.63, 3.8) is 0 Å². The van der Waals surface area contributed by atoms with Gasteiger partial charge in [-0.3, -0.25) is 0 Å². The number of hydrogen-bond donors (Lipinski definition) is 0. The highest BCUT2D eigenvalue weighted by atomic mass is 16.3. The maximum atomic E-state index is 6.87. The van der Waals surface area contributed by atoms with Crippen molar-refractivity contribution in [1.82, 2.24) is 9.13 Å². The Balaban J connectivity index is 1.34. The lowest BCUT2D eigenvalue weighted by molar-refractivity contribution is 0.655. The molecule has 0 atom stereocenters. The van der Waals surface area contributed by atoms with Gasteiger partial charge in [0.05, 0.1) is 27.8 Å². The summed E-state index contributed by atoms with van der Waals surface area (Å²) < 4.78 is 17.9. The summed E-state index contributed by atoms with van der Waals surface area (Å²) in [6, 6.07) is 51.8. The summed E-state index contributed by atoms with van der Waals surface area (Å²) in [5.41, 5.74) is 10.1. The molecule has 0 amide bonds. The third kappa shape index (κ3) is 3.07. The van der Waals surface area contributed by atoms with Crippen LogP contribution in [0.5, 0.6) is 0 Å². The molecule has 4 nitrogen and oxygen atoms in total. The zero-order valence-corrected chi connectivity index (χ0v) is 24.6. The molecule has 11 aromatic rings. The Morgan fingerprint density at radius 2 is 0.804 bits per heavy atom. The zero-order valence-electron chi connectivity index (χ0n) is 24.6. The molecule has 0 N–H and O–H groups in total. The molecule has 0 aliphatic carbocycles. The van der Waals surface area contributed by atoms with Gasteiger partial charge in [0.2, 0.25) is 0 Å². The Bertz CT molecular complexity index is 2930. The predicted molar refractivity (Wildman–Crippen MR) is 190 cm³/mol. The van der Waals surface area contributed by atoms with Gasteiger partial charge in [-0.1, -0.05) is 91.0 Å². The van der Waals surface area contributed by atoms with E-state index in [1.807, 2.05) is 12.1 Å². The molecule has 46 heavy (non-hydrogen) atoms. The van der Waals surface area contributed by atoms with Crippen molar-refractivity contribution in [2.24, 2.45) is 0 Å². The topological polar surface area (TPSA) is 36.1 Å². The zero-order chi connectivity index (χ0) is 29.9. The van der Waals surface area contributed by atoms with E-state index in [0.29, 0.717) is 0 Å². The van der Waals surface area contributed by atoms with Crippen LogP contribution in [-0.2, 0) is 0 Å². The van der Waals surface area contributed by atoms with Crippen LogP contribution in [-0.4, -0.2) is 9.13 Å². The first-order valence-electron chi connectivity index (χ1n) is 15.6. The molecule has 4 heteroatoms. The predicted octanol–water partition coefficient (Wildman–Crippen LogP) is 11.7. The second kappa shape index (κ2) is 8.68. The highest BCUT2D eigenvalue weighted by Gasteiger charge is 2.22. The largest absolute Gasteiger partial charge is 0.456 e. The Morgan fingerprint density at radius 1 is 0.326 bits per heavy atom. The van der Waals surface area contributed by atoms with Crippen molar-refractivity contribution >= 4 is 87.5 Å². The maximum absolute atomic E-state index is 6.87. The molecule has 214 valence electrons. The fraction of sp³-hybridized carbons (Fsp3) is 0. The fourth-order valence-electron chi connectivity index (χ4n) is 7.74. The first-order chi connectivity index (χ1) is 22.8. The summed E-state index contributed by atoms with van der Waals surface area (Å²) >= 11 is 0. The lowest BCUT2D eigenvalue weighted by atomic mass is 10.1. The SMILES string of the molecule is c1ccc2c(c1)oc1cc3oc4c(-n5c6ccccc6c6ccccc65)cc(-n5c6ccccc6c6ccccc65)cc4c3cc12. The monoisotopic (exact) mass is 588 g/mol. The van der Waals surface area contributed by atoms with Crippen molar-refractivity contribution < 1.29 is 8.83 Å². The molecule has 11 rings (SSSR count). The van der Waals surface area contributed by atoms with E-state index in [4.69, 9.17) is 8.83 Å². The minimum atomic E-state index is 0.808. The van der Waals surface area contributed by atoms with Crippen LogP contribution >= 0.6 is 0 Å². The van der Waals surface area contributed by atoms with Crippen LogP contribution in [0.25, 0.3) is 98.9 Å². The molecule has 0 bridgehead atoms. The summed E-state index contributed by atoms with van der Waals surface area (Å²) in [5, 5.41) is 9.24. The van der Waals surface area contributed by atoms with Crippen molar-refractivity contribution in [2.75, 3.05) is 0 Å². The van der Waals surface area contributed by atoms with E-state index in [0.717, 1.165) is 66.3 Å². The number of hydrogen-bond acceptors (Lipinski definition) is 2. The molecule has 0 aliphatic rings. The molecule has 4 heterocycles. The van der Waals surface area contributed by atoms with Crippen LogP contribution in [0.1, 0.15) is 0 Å². The van der Waals surface area contributed by atoms with Gasteiger partial charge in [0.15, 0.2) is 5.58 Å². The Labute approximate surface area is 261 Å². The van der Waals surface area contributed by atoms with Gasteiger partial charge in [0.25, 0.3) is 0 Å². The second-order valence-electron chi connectivity index (χ2n) is 12.1. The van der Waals surface area contributed by atoms with Gasteiger partial charge in [0, 0.05) is 54.8 Å². The van der Waals surface area contributed by atoms with E-state index in [1.165, 1.54) is 32.6 Å². The Kier molecular flexibility index (Phi) is 4.55. The number of fused-ring (bicyclic) bond motifs is 12. The molecule has 4 aromatic heterocycles. The highest BCUT2D eigenvalue weighted by Crippen LogP contribution is 2.43. The quantitative estimate of drug-likeness (QED) is 0.201. The van der Waals surface area contributed by atoms with Crippen molar-refractivity contribution in [2.45, 2.75) is 0 Å². The average molecular weight is 589 g/mol. The minimum absolute atomic E-state index is 0.808. The summed E-state index contributed by atoms with van der Waals surface area (Å²) in [4.78, 5) is 0. The summed E-state index contributed by atoms with van der Waals surface area (Å²) in [6.45, 7) is 0. The number of para-hydroxylation sites is 5. The molecule has 0 spiro atoms. The number of nitrogens with zero attached hydrogens (tertiary/aromatic N) is 2. The van der Waals surface area contributed by atoms with Gasteiger partial charge >= 0.3 is 0 Å². The van der Waals surface area contributed by atoms with E-state index < -0.39 is 0 Å². The number of rotatable bonds is 2. The summed E-state index contributed by atoms with van der Waals surface area (Å²) in [7, 11) is 0. The highest BCUT2D eigenvalue weighted by molar-refractivity contribution is 6.18. The van der Waals surface area contributed by atoms with Crippen LogP contribution < -0.4 is 0 Å². The average Bonchev–Trinajstić information content (AvgIpc) is 3.84. The number of furan rings is 2. The lowest BCUT2D eigenvalue weighted by Crippen LogP contribution is -1.99. The smallest absolute Gasteiger partial charge is 0.159 e. The molecular weight excluding hydrogens is 564 g/mol. The van der Waals surface area contributed by atoms with Crippen molar-refractivity contribution in [1.29, 1.82) is 0 Å². The lowest BCUT2D eigenvalue weighted by Gasteiger charge is -2.14. The Hall–Kier alpha value is -6.26. The molecule has 0 fully saturated rings. The van der Waals surface area contributed by atoms with Crippen LogP contribution in [0.4, 0.5) is 0 Å². The standard InChI is InChI=1S/C42H24N2O2/c1-6-16-34-26(11-1)27-12-2-7-17-35(27)43(34)25-21-33-32-23-31-30-15-5-10-20-39(30)45-40(31)24-41(32)46-42(33)38(22-25)44-36-18-8-3-13-28(36)29-14-4-9-19-37(29)44/h1-24H. The first kappa shape index (κ1) is 24.1. The molecule has 0 saturated heterocycles. The van der Waals surface area contributed by atoms with E-state index >= 15 is 0 Å². The van der Waals surface area contributed by atoms with Gasteiger partial charge in [0.1, 0.15) is 16.7 Å². The molecule has 7 aromatic carbocycles. The molecular formula is C42H24N2O2. The van der Waals surface area contributed by atoms with Gasteiger partial charge in [-0.15, -0.1) is 0 Å². The summed E-state index contributed by atoms with van der Waals surface area (Å²) in [6.07, 6.45) is 0. The van der Waals surface area contributed by atoms with Crippen molar-refractivity contribution in [3.8, 4) is 11.4 Å². The summed E-state index contributed by atoms with van der Waals surface area (Å²) in [5.74, 6) is 0. The fourth-order valence-corrected chi connectivity index (χ4v) is 7.74. The minimum Gasteiger partial charge on any atom is -0.456 e. The van der Waals surface area contributed by atoms with Gasteiger partial charge < -0.3 is 18.0 Å². The third-order valence-corrected chi connectivity index (χ3v) is 9.69. The van der Waals surface area contributed by atoms with Crippen LogP contribution in [0.15, 0.2) is 154 Å². The second-order valence-corrected chi connectivity index (χ2v) is 12.1. The normalized spacial score (nSPS) is 12.3. The maximum Gasteiger partial charge on any atom is 0.159 e. The van der Waals surface area contributed by atoms with E-state index in [2.05, 4.69) is 143 Å². The first-order valence-corrected chi connectivity index (χ1v) is 15.6. The van der Waals surface area contributed by atoms with E-state index in [9.17, 15) is 0 Å². The molecule has 0 radical (unpaired) electrons. The third-order valence-electron chi connectivity index (χ3n) is 9.69. The van der Waals surface area contributed by atoms with E-state index in [1.54, 1.807) is 0 Å². The number of benzene rings is 7. The van der Waals surface area contributed by atoms with Gasteiger partial charge in [-0.05, 0) is 48.5 Å². The molecule has 0 aliphatic heterocycles. The van der Waals surface area contributed by atoms with E-state index in [-0.39, 0.29) is 0 Å². The van der Waals surface area contributed by atoms with Crippen LogP contribution in [0, 0.1) is 0 Å². The number of aromatic nitrogens is 2. The Morgan fingerprint density at radius 3 is 1.41 bits per heavy atom. The molecule has 0 unspecified atom stereocenters. The molecule has 0 saturated carbocycles. The van der Waals surface area contributed by atoms with Gasteiger partial charge in [-0.25, -0.2) is 0 Å². The van der Waals surface area contributed by atoms with Crippen molar-refractivity contribution in [3.05, 3.63) is 146 Å². The van der Waals surface area contributed by atoms with Crippen LogP contribution in [0.2, 0.25) is 0 Å².